The number of rotatable bonds is 5. The molecule has 0 aliphatic carbocycles. The Labute approximate surface area is 146 Å². The molecule has 5 heteroatoms. The summed E-state index contributed by atoms with van der Waals surface area (Å²) >= 11 is 0. The maximum atomic E-state index is 11.9. The Kier molecular flexibility index (Phi) is 4.95. The van der Waals surface area contributed by atoms with E-state index < -0.39 is 0 Å². The molecular formula is C20H19N3O2. The van der Waals surface area contributed by atoms with Crippen LogP contribution in [0, 0.1) is 6.92 Å². The third-order valence-electron chi connectivity index (χ3n) is 3.81. The van der Waals surface area contributed by atoms with Gasteiger partial charge in [0.1, 0.15) is 5.75 Å². The maximum absolute atomic E-state index is 11.9. The van der Waals surface area contributed by atoms with Gasteiger partial charge in [0.2, 0.25) is 0 Å². The summed E-state index contributed by atoms with van der Waals surface area (Å²) in [5, 5.41) is 19.0. The van der Waals surface area contributed by atoms with E-state index in [2.05, 4.69) is 15.8 Å². The van der Waals surface area contributed by atoms with Crippen molar-refractivity contribution < 1.29 is 9.90 Å². The molecule has 0 aromatic heterocycles. The van der Waals surface area contributed by atoms with Gasteiger partial charge in [0.25, 0.3) is 5.91 Å². The first-order chi connectivity index (χ1) is 12.1. The van der Waals surface area contributed by atoms with Crippen molar-refractivity contribution in [1.82, 2.24) is 5.43 Å². The normalized spacial score (nSPS) is 10.9. The summed E-state index contributed by atoms with van der Waals surface area (Å²) < 4.78 is 0. The number of hydrogen-bond donors (Lipinski definition) is 3. The van der Waals surface area contributed by atoms with E-state index in [-0.39, 0.29) is 18.2 Å². The molecule has 0 radical (unpaired) electrons. The number of aryl methyl sites for hydroxylation is 1. The molecule has 0 saturated carbocycles. The lowest BCUT2D eigenvalue weighted by molar-refractivity contribution is -0.119. The quantitative estimate of drug-likeness (QED) is 0.495. The number of amides is 1. The van der Waals surface area contributed by atoms with Crippen LogP contribution in [0.1, 0.15) is 11.1 Å². The Morgan fingerprint density at radius 3 is 2.76 bits per heavy atom. The summed E-state index contributed by atoms with van der Waals surface area (Å²) in [6.45, 7) is 1.99. The number of hydrogen-bond acceptors (Lipinski definition) is 4. The van der Waals surface area contributed by atoms with Crippen molar-refractivity contribution in [1.29, 1.82) is 0 Å². The molecule has 0 aliphatic heterocycles. The second-order valence-corrected chi connectivity index (χ2v) is 5.74. The van der Waals surface area contributed by atoms with Crippen molar-refractivity contribution in [3.8, 4) is 5.75 Å². The van der Waals surface area contributed by atoms with Crippen molar-refractivity contribution >= 4 is 28.6 Å². The maximum Gasteiger partial charge on any atom is 0.259 e. The van der Waals surface area contributed by atoms with Gasteiger partial charge in [0.15, 0.2) is 0 Å². The van der Waals surface area contributed by atoms with Gasteiger partial charge < -0.3 is 10.4 Å². The Balaban J connectivity index is 1.58. The van der Waals surface area contributed by atoms with Crippen LogP contribution in [0.3, 0.4) is 0 Å². The average Bonchev–Trinajstić information content (AvgIpc) is 2.62. The van der Waals surface area contributed by atoms with Crippen LogP contribution in [0.2, 0.25) is 0 Å². The van der Waals surface area contributed by atoms with Gasteiger partial charge in [-0.05, 0) is 36.1 Å². The lowest BCUT2D eigenvalue weighted by Gasteiger charge is -2.08. The smallest absolute Gasteiger partial charge is 0.259 e. The molecule has 0 heterocycles. The third-order valence-corrected chi connectivity index (χ3v) is 3.81. The third kappa shape index (κ3) is 4.14. The minimum atomic E-state index is -0.268. The molecule has 3 rings (SSSR count). The Hall–Kier alpha value is -3.34. The molecule has 5 nitrogen and oxygen atoms in total. The molecule has 0 atom stereocenters. The lowest BCUT2D eigenvalue weighted by Crippen LogP contribution is -2.25. The minimum Gasteiger partial charge on any atom is -0.507 e. The van der Waals surface area contributed by atoms with Gasteiger partial charge in [-0.3, -0.25) is 4.79 Å². The fourth-order valence-electron chi connectivity index (χ4n) is 2.53. The van der Waals surface area contributed by atoms with Crippen LogP contribution in [-0.2, 0) is 4.79 Å². The number of carbonyl (C=O) groups excluding carboxylic acids is 1. The van der Waals surface area contributed by atoms with Gasteiger partial charge in [-0.1, -0.05) is 42.5 Å². The zero-order chi connectivity index (χ0) is 17.6. The van der Waals surface area contributed by atoms with E-state index >= 15 is 0 Å². The highest BCUT2D eigenvalue weighted by molar-refractivity contribution is 5.95. The highest BCUT2D eigenvalue weighted by Gasteiger charge is 2.03. The number of nitrogens with one attached hydrogen (secondary N) is 2. The summed E-state index contributed by atoms with van der Waals surface area (Å²) in [5.74, 6) is -0.136. The molecular weight excluding hydrogens is 314 g/mol. The van der Waals surface area contributed by atoms with Crippen LogP contribution >= 0.6 is 0 Å². The summed E-state index contributed by atoms with van der Waals surface area (Å²) in [7, 11) is 0. The molecule has 3 aromatic carbocycles. The van der Waals surface area contributed by atoms with Crippen LogP contribution in [-0.4, -0.2) is 23.8 Å². The molecule has 0 aliphatic rings. The largest absolute Gasteiger partial charge is 0.507 e. The lowest BCUT2D eigenvalue weighted by atomic mass is 10.1. The molecule has 0 fully saturated rings. The number of phenolic OH excluding ortho intramolecular Hbond substituents is 1. The molecule has 126 valence electrons. The topological polar surface area (TPSA) is 73.7 Å². The molecule has 0 unspecified atom stereocenters. The first-order valence-electron chi connectivity index (χ1n) is 7.96. The summed E-state index contributed by atoms with van der Waals surface area (Å²) in [6.07, 6.45) is 1.42. The Morgan fingerprint density at radius 2 is 1.92 bits per heavy atom. The van der Waals surface area contributed by atoms with Crippen LogP contribution in [0.4, 0.5) is 5.69 Å². The van der Waals surface area contributed by atoms with Gasteiger partial charge >= 0.3 is 0 Å². The first kappa shape index (κ1) is 16.5. The number of phenols is 1. The number of hydrazone groups is 1. The second kappa shape index (κ2) is 7.49. The van der Waals surface area contributed by atoms with E-state index in [1.54, 1.807) is 12.1 Å². The molecule has 0 saturated heterocycles. The van der Waals surface area contributed by atoms with Crippen molar-refractivity contribution in [2.75, 3.05) is 11.9 Å². The fourth-order valence-corrected chi connectivity index (χ4v) is 2.53. The highest BCUT2D eigenvalue weighted by atomic mass is 16.3. The van der Waals surface area contributed by atoms with E-state index in [0.717, 1.165) is 22.0 Å². The SMILES string of the molecule is Cc1ccc(C=NNC(=O)CNc2cccc3ccccc23)c(O)c1. The van der Waals surface area contributed by atoms with E-state index in [0.29, 0.717) is 5.56 Å². The van der Waals surface area contributed by atoms with Crippen molar-refractivity contribution in [3.05, 3.63) is 71.8 Å². The van der Waals surface area contributed by atoms with Crippen LogP contribution in [0.15, 0.2) is 65.8 Å². The number of benzene rings is 3. The summed E-state index contributed by atoms with van der Waals surface area (Å²) in [4.78, 5) is 11.9. The van der Waals surface area contributed by atoms with Crippen molar-refractivity contribution in [3.63, 3.8) is 0 Å². The number of fused-ring (bicyclic) bond motifs is 1. The zero-order valence-electron chi connectivity index (χ0n) is 13.9. The number of nitrogens with zero attached hydrogens (tertiary/aromatic N) is 1. The Morgan fingerprint density at radius 1 is 1.12 bits per heavy atom. The van der Waals surface area contributed by atoms with Crippen molar-refractivity contribution in [2.45, 2.75) is 6.92 Å². The predicted molar refractivity (Wildman–Crippen MR) is 101 cm³/mol. The van der Waals surface area contributed by atoms with Gasteiger partial charge in [-0.25, -0.2) is 5.43 Å². The fraction of sp³-hybridized carbons (Fsp3) is 0.100. The number of carbonyl (C=O) groups is 1. The van der Waals surface area contributed by atoms with E-state index in [1.807, 2.05) is 55.5 Å². The van der Waals surface area contributed by atoms with Crippen molar-refractivity contribution in [2.24, 2.45) is 5.10 Å². The summed E-state index contributed by atoms with van der Waals surface area (Å²) in [6, 6.07) is 19.1. The zero-order valence-corrected chi connectivity index (χ0v) is 13.9. The van der Waals surface area contributed by atoms with E-state index in [1.165, 1.54) is 6.21 Å². The minimum absolute atomic E-state index is 0.102. The van der Waals surface area contributed by atoms with Gasteiger partial charge in [-0.15, -0.1) is 0 Å². The second-order valence-electron chi connectivity index (χ2n) is 5.74. The van der Waals surface area contributed by atoms with Gasteiger partial charge in [0, 0.05) is 16.6 Å². The highest BCUT2D eigenvalue weighted by Crippen LogP contribution is 2.22. The molecule has 25 heavy (non-hydrogen) atoms. The monoisotopic (exact) mass is 333 g/mol. The predicted octanol–water partition coefficient (Wildman–Crippen LogP) is 3.42. The van der Waals surface area contributed by atoms with E-state index in [4.69, 9.17) is 0 Å². The Bertz CT molecular complexity index is 930. The number of anilines is 1. The summed E-state index contributed by atoms with van der Waals surface area (Å²) in [5.41, 5.74) is 4.85. The van der Waals surface area contributed by atoms with E-state index in [9.17, 15) is 9.90 Å². The first-order valence-corrected chi connectivity index (χ1v) is 7.96. The standard InChI is InChI=1S/C20H19N3O2/c1-14-9-10-16(19(24)11-14)12-22-23-20(25)13-21-18-8-4-6-15-5-2-3-7-17(15)18/h2-12,21,24H,13H2,1H3,(H,23,25). The average molecular weight is 333 g/mol. The van der Waals surface area contributed by atoms with Crippen LogP contribution < -0.4 is 10.7 Å². The molecule has 3 aromatic rings. The van der Waals surface area contributed by atoms with Crippen LogP contribution in [0.25, 0.3) is 10.8 Å². The molecule has 0 bridgehead atoms. The molecule has 0 spiro atoms. The molecule has 1 amide bonds. The van der Waals surface area contributed by atoms with Crippen LogP contribution in [0.5, 0.6) is 5.75 Å². The van der Waals surface area contributed by atoms with Gasteiger partial charge in [-0.2, -0.15) is 5.10 Å². The number of aromatic hydroxyl groups is 1. The molecule has 3 N–H and O–H groups in total. The van der Waals surface area contributed by atoms with Gasteiger partial charge in [0.05, 0.1) is 12.8 Å².